The zero-order valence-electron chi connectivity index (χ0n) is 13.1. The number of rotatable bonds is 4. The number of piperidine rings is 1. The Bertz CT molecular complexity index is 258. The summed E-state index contributed by atoms with van der Waals surface area (Å²) in [7, 11) is 0. The largest absolute Gasteiger partial charge is 0.392 e. The van der Waals surface area contributed by atoms with Gasteiger partial charge in [0.15, 0.2) is 0 Å². The van der Waals surface area contributed by atoms with Crippen molar-refractivity contribution in [1.29, 1.82) is 0 Å². The summed E-state index contributed by atoms with van der Waals surface area (Å²) in [4.78, 5) is 2.41. The van der Waals surface area contributed by atoms with Crippen molar-refractivity contribution in [3.63, 3.8) is 0 Å². The van der Waals surface area contributed by atoms with Crippen molar-refractivity contribution in [2.24, 2.45) is 11.3 Å². The van der Waals surface area contributed by atoms with Gasteiger partial charge in [0.05, 0.1) is 6.10 Å². The molecule has 1 saturated heterocycles. The second kappa shape index (κ2) is 5.89. The van der Waals surface area contributed by atoms with E-state index in [1.807, 2.05) is 0 Å². The van der Waals surface area contributed by atoms with E-state index in [-0.39, 0.29) is 17.1 Å². The molecule has 0 spiro atoms. The minimum absolute atomic E-state index is 0.148. The fraction of sp³-hybridized carbons (Fsp3) is 1.00. The molecule has 0 saturated carbocycles. The predicted octanol–water partition coefficient (Wildman–Crippen LogP) is 2.10. The number of β-amino-alcohol motifs (C(OH)–C–C–N with tert-alkyl or cyclic N) is 1. The van der Waals surface area contributed by atoms with Gasteiger partial charge >= 0.3 is 0 Å². The fourth-order valence-electron chi connectivity index (χ4n) is 2.42. The molecule has 1 aliphatic rings. The molecule has 0 bridgehead atoms. The van der Waals surface area contributed by atoms with Gasteiger partial charge in [0.1, 0.15) is 0 Å². The SMILES string of the molecule is CC1CCN(CC(C)(C)CNC(C)(C)C)CC1O. The van der Waals surface area contributed by atoms with Gasteiger partial charge in [0.2, 0.25) is 0 Å². The highest BCUT2D eigenvalue weighted by molar-refractivity contribution is 4.84. The summed E-state index contributed by atoms with van der Waals surface area (Å²) in [5.41, 5.74) is 0.417. The summed E-state index contributed by atoms with van der Waals surface area (Å²) in [6.45, 7) is 17.4. The summed E-state index contributed by atoms with van der Waals surface area (Å²) in [5.74, 6) is 0.456. The maximum Gasteiger partial charge on any atom is 0.0693 e. The van der Waals surface area contributed by atoms with Crippen LogP contribution in [0.1, 0.15) is 48.0 Å². The van der Waals surface area contributed by atoms with Crippen LogP contribution in [0, 0.1) is 11.3 Å². The second-order valence-electron chi connectivity index (χ2n) is 7.84. The first kappa shape index (κ1) is 15.9. The summed E-state index contributed by atoms with van der Waals surface area (Å²) < 4.78 is 0. The monoisotopic (exact) mass is 256 g/mol. The first-order valence-electron chi connectivity index (χ1n) is 7.24. The molecule has 1 heterocycles. The highest BCUT2D eigenvalue weighted by Gasteiger charge is 2.29. The molecule has 1 rings (SSSR count). The van der Waals surface area contributed by atoms with Gasteiger partial charge in [-0.05, 0) is 45.1 Å². The molecule has 18 heavy (non-hydrogen) atoms. The quantitative estimate of drug-likeness (QED) is 0.808. The topological polar surface area (TPSA) is 35.5 Å². The molecule has 2 N–H and O–H groups in total. The van der Waals surface area contributed by atoms with E-state index in [1.165, 1.54) is 0 Å². The van der Waals surface area contributed by atoms with Crippen molar-refractivity contribution >= 4 is 0 Å². The van der Waals surface area contributed by atoms with E-state index < -0.39 is 0 Å². The standard InChI is InChI=1S/C15H32N2O/c1-12-7-8-17(9-13(12)18)11-15(5,6)10-16-14(2,3)4/h12-13,16,18H,7-11H2,1-6H3. The average Bonchev–Trinajstić information content (AvgIpc) is 2.20. The first-order chi connectivity index (χ1) is 8.09. The number of hydrogen-bond acceptors (Lipinski definition) is 3. The summed E-state index contributed by atoms with van der Waals surface area (Å²) in [6, 6.07) is 0. The van der Waals surface area contributed by atoms with Crippen molar-refractivity contribution in [2.45, 2.75) is 59.6 Å². The fourth-order valence-corrected chi connectivity index (χ4v) is 2.42. The van der Waals surface area contributed by atoms with E-state index in [1.54, 1.807) is 0 Å². The molecule has 0 aromatic heterocycles. The summed E-state index contributed by atoms with van der Waals surface area (Å²) in [5, 5.41) is 13.5. The van der Waals surface area contributed by atoms with E-state index in [0.717, 1.165) is 32.6 Å². The van der Waals surface area contributed by atoms with Gasteiger partial charge in [0.25, 0.3) is 0 Å². The first-order valence-corrected chi connectivity index (χ1v) is 7.24. The Labute approximate surface area is 113 Å². The smallest absolute Gasteiger partial charge is 0.0693 e. The molecule has 0 aromatic carbocycles. The van der Waals surface area contributed by atoms with Crippen LogP contribution in [-0.4, -0.2) is 47.8 Å². The van der Waals surface area contributed by atoms with Gasteiger partial charge in [-0.3, -0.25) is 0 Å². The van der Waals surface area contributed by atoms with Crippen LogP contribution in [0.2, 0.25) is 0 Å². The van der Waals surface area contributed by atoms with Crippen LogP contribution >= 0.6 is 0 Å². The Morgan fingerprint density at radius 3 is 2.33 bits per heavy atom. The Kier molecular flexibility index (Phi) is 5.22. The molecule has 1 fully saturated rings. The summed E-state index contributed by atoms with van der Waals surface area (Å²) >= 11 is 0. The maximum absolute atomic E-state index is 9.95. The molecule has 0 radical (unpaired) electrons. The van der Waals surface area contributed by atoms with Crippen LogP contribution in [0.5, 0.6) is 0 Å². The lowest BCUT2D eigenvalue weighted by atomic mass is 9.89. The molecule has 3 heteroatoms. The molecule has 3 nitrogen and oxygen atoms in total. The van der Waals surface area contributed by atoms with Gasteiger partial charge in [-0.2, -0.15) is 0 Å². The molecule has 0 amide bonds. The highest BCUT2D eigenvalue weighted by Crippen LogP contribution is 2.22. The number of likely N-dealkylation sites (tertiary alicyclic amines) is 1. The normalized spacial score (nSPS) is 27.5. The molecular formula is C15H32N2O. The van der Waals surface area contributed by atoms with Gasteiger partial charge in [-0.1, -0.05) is 20.8 Å². The van der Waals surface area contributed by atoms with Crippen molar-refractivity contribution < 1.29 is 5.11 Å². The predicted molar refractivity (Wildman–Crippen MR) is 77.8 cm³/mol. The molecule has 0 aromatic rings. The molecule has 0 aliphatic carbocycles. The van der Waals surface area contributed by atoms with E-state index in [0.29, 0.717) is 5.92 Å². The van der Waals surface area contributed by atoms with E-state index in [4.69, 9.17) is 0 Å². The van der Waals surface area contributed by atoms with E-state index in [9.17, 15) is 5.11 Å². The third kappa shape index (κ3) is 5.68. The second-order valence-corrected chi connectivity index (χ2v) is 7.84. The lowest BCUT2D eigenvalue weighted by molar-refractivity contribution is 0.0138. The zero-order chi connectivity index (χ0) is 14.0. The molecule has 2 atom stereocenters. The zero-order valence-corrected chi connectivity index (χ0v) is 13.1. The van der Waals surface area contributed by atoms with Gasteiger partial charge in [-0.25, -0.2) is 0 Å². The van der Waals surface area contributed by atoms with Crippen LogP contribution in [-0.2, 0) is 0 Å². The molecule has 2 unspecified atom stereocenters. The number of hydrogen-bond donors (Lipinski definition) is 2. The molecular weight excluding hydrogens is 224 g/mol. The Balaban J connectivity index is 2.40. The number of nitrogens with one attached hydrogen (secondary N) is 1. The molecule has 108 valence electrons. The maximum atomic E-state index is 9.95. The van der Waals surface area contributed by atoms with Gasteiger partial charge in [-0.15, -0.1) is 0 Å². The van der Waals surface area contributed by atoms with Gasteiger partial charge < -0.3 is 15.3 Å². The van der Waals surface area contributed by atoms with Crippen molar-refractivity contribution in [3.05, 3.63) is 0 Å². The number of nitrogens with zero attached hydrogens (tertiary/aromatic N) is 1. The van der Waals surface area contributed by atoms with E-state index in [2.05, 4.69) is 51.8 Å². The van der Waals surface area contributed by atoms with Crippen LogP contribution in [0.15, 0.2) is 0 Å². The van der Waals surface area contributed by atoms with Gasteiger partial charge in [0, 0.05) is 25.2 Å². The van der Waals surface area contributed by atoms with Crippen molar-refractivity contribution in [2.75, 3.05) is 26.2 Å². The minimum atomic E-state index is -0.148. The highest BCUT2D eigenvalue weighted by atomic mass is 16.3. The number of aliphatic hydroxyl groups is 1. The van der Waals surface area contributed by atoms with Crippen LogP contribution in [0.3, 0.4) is 0 Å². The Morgan fingerprint density at radius 2 is 1.83 bits per heavy atom. The Hall–Kier alpha value is -0.120. The van der Waals surface area contributed by atoms with E-state index >= 15 is 0 Å². The van der Waals surface area contributed by atoms with Crippen LogP contribution in [0.4, 0.5) is 0 Å². The third-order valence-electron chi connectivity index (χ3n) is 3.75. The summed E-state index contributed by atoms with van der Waals surface area (Å²) in [6.07, 6.45) is 0.967. The lowest BCUT2D eigenvalue weighted by Crippen LogP contribution is -2.50. The van der Waals surface area contributed by atoms with Crippen molar-refractivity contribution in [3.8, 4) is 0 Å². The van der Waals surface area contributed by atoms with Crippen LogP contribution < -0.4 is 5.32 Å². The lowest BCUT2D eigenvalue weighted by Gasteiger charge is -2.40. The minimum Gasteiger partial charge on any atom is -0.392 e. The van der Waals surface area contributed by atoms with Crippen LogP contribution in [0.25, 0.3) is 0 Å². The Morgan fingerprint density at radius 1 is 1.22 bits per heavy atom. The molecule has 1 aliphatic heterocycles. The number of aliphatic hydroxyl groups excluding tert-OH is 1. The average molecular weight is 256 g/mol. The van der Waals surface area contributed by atoms with Crippen molar-refractivity contribution in [1.82, 2.24) is 10.2 Å². The third-order valence-corrected chi connectivity index (χ3v) is 3.75.